The molecule has 2 unspecified atom stereocenters. The summed E-state index contributed by atoms with van der Waals surface area (Å²) >= 11 is 0. The molecule has 0 spiro atoms. The van der Waals surface area contributed by atoms with Crippen molar-refractivity contribution in [3.63, 3.8) is 0 Å². The van der Waals surface area contributed by atoms with Crippen LogP contribution in [0, 0.1) is 0 Å². The maximum atomic E-state index is 12.0. The van der Waals surface area contributed by atoms with Crippen molar-refractivity contribution in [2.75, 3.05) is 18.8 Å². The van der Waals surface area contributed by atoms with Gasteiger partial charge in [-0.15, -0.1) is 0 Å². The minimum atomic E-state index is -3.01. The number of hydrogen-bond acceptors (Lipinski definition) is 4. The number of hydrogen-bond donors (Lipinski definition) is 2. The fraction of sp³-hybridized carbons (Fsp3) is 1.00. The van der Waals surface area contributed by atoms with Crippen molar-refractivity contribution < 1.29 is 8.42 Å². The Balaban J connectivity index is 1.77. The molecule has 2 aliphatic rings. The fourth-order valence-electron chi connectivity index (χ4n) is 3.40. The Bertz CT molecular complexity index is 391. The van der Waals surface area contributed by atoms with Crippen LogP contribution in [0.5, 0.6) is 0 Å². The van der Waals surface area contributed by atoms with Crippen LogP contribution >= 0.6 is 0 Å². The molecule has 118 valence electrons. The molecule has 0 aromatic heterocycles. The van der Waals surface area contributed by atoms with Gasteiger partial charge in [-0.1, -0.05) is 13.3 Å². The molecule has 1 saturated heterocycles. The smallest absolute Gasteiger partial charge is 0.214 e. The van der Waals surface area contributed by atoms with Gasteiger partial charge >= 0.3 is 0 Å². The van der Waals surface area contributed by atoms with Crippen molar-refractivity contribution in [3.05, 3.63) is 0 Å². The summed E-state index contributed by atoms with van der Waals surface area (Å²) in [5.74, 6) is 0.280. The highest BCUT2D eigenvalue weighted by atomic mass is 32.2. The van der Waals surface area contributed by atoms with Crippen LogP contribution in [0.25, 0.3) is 0 Å². The Hall–Kier alpha value is -0.170. The van der Waals surface area contributed by atoms with E-state index in [2.05, 4.69) is 5.32 Å². The molecule has 0 aromatic rings. The first kappa shape index (κ1) is 16.2. The van der Waals surface area contributed by atoms with Gasteiger partial charge in [0.05, 0.1) is 5.75 Å². The van der Waals surface area contributed by atoms with E-state index in [4.69, 9.17) is 5.73 Å². The zero-order valence-corrected chi connectivity index (χ0v) is 13.4. The third kappa shape index (κ3) is 4.41. The van der Waals surface area contributed by atoms with E-state index in [1.54, 1.807) is 4.31 Å². The summed E-state index contributed by atoms with van der Waals surface area (Å²) < 4.78 is 25.7. The summed E-state index contributed by atoms with van der Waals surface area (Å²) in [6, 6.07) is 1.33. The van der Waals surface area contributed by atoms with Gasteiger partial charge in [0.2, 0.25) is 10.0 Å². The molecular weight excluding hydrogens is 274 g/mol. The van der Waals surface area contributed by atoms with Crippen molar-refractivity contribution in [2.45, 2.75) is 70.0 Å². The second-order valence-electron chi connectivity index (χ2n) is 6.28. The topological polar surface area (TPSA) is 75.4 Å². The lowest BCUT2D eigenvalue weighted by atomic mass is 9.90. The normalized spacial score (nSPS) is 30.5. The fourth-order valence-corrected chi connectivity index (χ4v) is 4.94. The summed E-state index contributed by atoms with van der Waals surface area (Å²) in [7, 11) is -3.01. The third-order valence-corrected chi connectivity index (χ3v) is 6.57. The van der Waals surface area contributed by atoms with Gasteiger partial charge < -0.3 is 11.1 Å². The Morgan fingerprint density at radius 1 is 1.15 bits per heavy atom. The zero-order chi connectivity index (χ0) is 14.6. The van der Waals surface area contributed by atoms with Crippen LogP contribution in [0.15, 0.2) is 0 Å². The molecule has 1 aliphatic heterocycles. The number of rotatable bonds is 5. The first-order valence-corrected chi connectivity index (χ1v) is 9.61. The maximum absolute atomic E-state index is 12.0. The van der Waals surface area contributed by atoms with E-state index in [0.29, 0.717) is 37.6 Å². The van der Waals surface area contributed by atoms with Gasteiger partial charge in [-0.2, -0.15) is 0 Å². The Kier molecular flexibility index (Phi) is 5.84. The van der Waals surface area contributed by atoms with Crippen LogP contribution in [0.3, 0.4) is 0 Å². The van der Waals surface area contributed by atoms with E-state index < -0.39 is 10.0 Å². The van der Waals surface area contributed by atoms with E-state index in [-0.39, 0.29) is 5.75 Å². The molecule has 5 nitrogen and oxygen atoms in total. The standard InChI is InChI=1S/C14H29N3O2S/c1-2-10-20(18,19)17-8-6-13(7-9-17)16-14-5-3-4-12(15)11-14/h12-14,16H,2-11,15H2,1H3. The number of sulfonamides is 1. The first-order valence-electron chi connectivity index (χ1n) is 8.00. The van der Waals surface area contributed by atoms with Crippen LogP contribution in [0.4, 0.5) is 0 Å². The number of nitrogens with one attached hydrogen (secondary N) is 1. The van der Waals surface area contributed by atoms with Crippen LogP contribution < -0.4 is 11.1 Å². The van der Waals surface area contributed by atoms with E-state index in [1.165, 1.54) is 12.8 Å². The molecule has 2 atom stereocenters. The first-order chi connectivity index (χ1) is 9.51. The van der Waals surface area contributed by atoms with Gasteiger partial charge in [-0.05, 0) is 38.5 Å². The molecule has 0 amide bonds. The molecule has 20 heavy (non-hydrogen) atoms. The highest BCUT2D eigenvalue weighted by Crippen LogP contribution is 2.20. The van der Waals surface area contributed by atoms with Gasteiger partial charge in [0, 0.05) is 31.2 Å². The Morgan fingerprint density at radius 2 is 1.85 bits per heavy atom. The van der Waals surface area contributed by atoms with E-state index in [1.807, 2.05) is 6.92 Å². The predicted molar refractivity (Wildman–Crippen MR) is 82.0 cm³/mol. The van der Waals surface area contributed by atoms with E-state index >= 15 is 0 Å². The molecule has 1 heterocycles. The predicted octanol–water partition coefficient (Wildman–Crippen LogP) is 1.05. The van der Waals surface area contributed by atoms with Crippen molar-refractivity contribution >= 4 is 10.0 Å². The van der Waals surface area contributed by atoms with Crippen molar-refractivity contribution in [1.29, 1.82) is 0 Å². The van der Waals surface area contributed by atoms with Gasteiger partial charge in [0.25, 0.3) is 0 Å². The Labute approximate surface area is 123 Å². The Morgan fingerprint density at radius 3 is 2.45 bits per heavy atom. The van der Waals surface area contributed by atoms with Gasteiger partial charge in [0.1, 0.15) is 0 Å². The molecule has 0 radical (unpaired) electrons. The summed E-state index contributed by atoms with van der Waals surface area (Å²) in [5, 5.41) is 3.69. The number of nitrogens with two attached hydrogens (primary N) is 1. The second-order valence-corrected chi connectivity index (χ2v) is 8.37. The van der Waals surface area contributed by atoms with Gasteiger partial charge in [-0.25, -0.2) is 12.7 Å². The van der Waals surface area contributed by atoms with Crippen molar-refractivity contribution in [2.24, 2.45) is 5.73 Å². The summed E-state index contributed by atoms with van der Waals surface area (Å²) in [5.41, 5.74) is 6.02. The van der Waals surface area contributed by atoms with Crippen LogP contribution in [0.1, 0.15) is 51.9 Å². The summed E-state index contributed by atoms with van der Waals surface area (Å²) in [6.45, 7) is 3.25. The average Bonchev–Trinajstić information content (AvgIpc) is 2.39. The molecule has 1 saturated carbocycles. The van der Waals surface area contributed by atoms with Gasteiger partial charge in [0.15, 0.2) is 0 Å². The van der Waals surface area contributed by atoms with Crippen LogP contribution in [-0.2, 0) is 10.0 Å². The summed E-state index contributed by atoms with van der Waals surface area (Å²) in [4.78, 5) is 0. The molecule has 0 aromatic carbocycles. The summed E-state index contributed by atoms with van der Waals surface area (Å²) in [6.07, 6.45) is 7.18. The van der Waals surface area contributed by atoms with E-state index in [9.17, 15) is 8.42 Å². The van der Waals surface area contributed by atoms with Crippen molar-refractivity contribution in [3.8, 4) is 0 Å². The third-order valence-electron chi connectivity index (χ3n) is 4.50. The van der Waals surface area contributed by atoms with Crippen LogP contribution in [-0.4, -0.2) is 49.7 Å². The minimum Gasteiger partial charge on any atom is -0.328 e. The largest absolute Gasteiger partial charge is 0.328 e. The molecular formula is C14H29N3O2S. The number of nitrogens with zero attached hydrogens (tertiary/aromatic N) is 1. The lowest BCUT2D eigenvalue weighted by molar-refractivity contribution is 0.245. The highest BCUT2D eigenvalue weighted by Gasteiger charge is 2.29. The van der Waals surface area contributed by atoms with Crippen LogP contribution in [0.2, 0.25) is 0 Å². The maximum Gasteiger partial charge on any atom is 0.214 e. The number of piperidine rings is 1. The second kappa shape index (κ2) is 7.20. The highest BCUT2D eigenvalue weighted by molar-refractivity contribution is 7.89. The molecule has 1 aliphatic carbocycles. The minimum absolute atomic E-state index is 0.280. The average molecular weight is 303 g/mol. The molecule has 3 N–H and O–H groups in total. The molecule has 2 rings (SSSR count). The monoisotopic (exact) mass is 303 g/mol. The van der Waals surface area contributed by atoms with Crippen molar-refractivity contribution in [1.82, 2.24) is 9.62 Å². The lowest BCUT2D eigenvalue weighted by Crippen LogP contribution is -2.50. The zero-order valence-electron chi connectivity index (χ0n) is 12.6. The molecule has 2 fully saturated rings. The SMILES string of the molecule is CCCS(=O)(=O)N1CCC(NC2CCCC(N)C2)CC1. The van der Waals surface area contributed by atoms with E-state index in [0.717, 1.165) is 25.7 Å². The molecule has 0 bridgehead atoms. The quantitative estimate of drug-likeness (QED) is 0.796. The lowest BCUT2D eigenvalue weighted by Gasteiger charge is -2.36. The molecule has 6 heteroatoms. The van der Waals surface area contributed by atoms with Gasteiger partial charge in [-0.3, -0.25) is 0 Å².